The summed E-state index contributed by atoms with van der Waals surface area (Å²) in [6.07, 6.45) is 0. The molecular formula is C12H14Cl2N4O3. The molecule has 2 heterocycles. The maximum atomic E-state index is 12.4. The van der Waals surface area contributed by atoms with Gasteiger partial charge in [-0.25, -0.2) is 0 Å². The van der Waals surface area contributed by atoms with E-state index >= 15 is 0 Å². The van der Waals surface area contributed by atoms with E-state index in [1.54, 1.807) is 11.8 Å². The van der Waals surface area contributed by atoms with Crippen molar-refractivity contribution in [3.8, 4) is 0 Å². The monoisotopic (exact) mass is 332 g/mol. The van der Waals surface area contributed by atoms with Crippen molar-refractivity contribution < 1.29 is 14.7 Å². The Morgan fingerprint density at radius 3 is 2.43 bits per heavy atom. The largest absolute Gasteiger partial charge is 0.480 e. The number of rotatable bonds is 3. The van der Waals surface area contributed by atoms with E-state index in [1.165, 1.54) is 6.07 Å². The van der Waals surface area contributed by atoms with Gasteiger partial charge in [0, 0.05) is 26.2 Å². The van der Waals surface area contributed by atoms with Gasteiger partial charge in [-0.05, 0) is 13.0 Å². The van der Waals surface area contributed by atoms with Gasteiger partial charge in [0.2, 0.25) is 0 Å². The highest BCUT2D eigenvalue weighted by molar-refractivity contribution is 6.34. The second-order valence-corrected chi connectivity index (χ2v) is 5.46. The summed E-state index contributed by atoms with van der Waals surface area (Å²) in [5.74, 6) is -1.15. The van der Waals surface area contributed by atoms with Crippen LogP contribution in [0.5, 0.6) is 0 Å². The van der Waals surface area contributed by atoms with Gasteiger partial charge in [-0.3, -0.25) is 14.5 Å². The number of carbonyl (C=O) groups is 2. The number of nitrogens with zero attached hydrogens (tertiary/aromatic N) is 4. The van der Waals surface area contributed by atoms with Gasteiger partial charge in [-0.15, -0.1) is 10.2 Å². The maximum absolute atomic E-state index is 12.4. The summed E-state index contributed by atoms with van der Waals surface area (Å²) in [5.41, 5.74) is 0.205. The zero-order valence-corrected chi connectivity index (χ0v) is 12.8. The molecule has 1 fully saturated rings. The Balaban J connectivity index is 2.03. The van der Waals surface area contributed by atoms with Crippen LogP contribution in [0.1, 0.15) is 17.3 Å². The fourth-order valence-electron chi connectivity index (χ4n) is 2.14. The van der Waals surface area contributed by atoms with Crippen molar-refractivity contribution in [1.82, 2.24) is 20.0 Å². The summed E-state index contributed by atoms with van der Waals surface area (Å²) < 4.78 is 0. The van der Waals surface area contributed by atoms with Crippen molar-refractivity contribution in [1.29, 1.82) is 0 Å². The van der Waals surface area contributed by atoms with Crippen LogP contribution in [0.25, 0.3) is 0 Å². The van der Waals surface area contributed by atoms with E-state index in [-0.39, 0.29) is 21.8 Å². The topological polar surface area (TPSA) is 86.6 Å². The third-order valence-electron chi connectivity index (χ3n) is 3.46. The summed E-state index contributed by atoms with van der Waals surface area (Å²) in [4.78, 5) is 26.7. The first-order chi connectivity index (χ1) is 9.90. The van der Waals surface area contributed by atoms with Gasteiger partial charge < -0.3 is 10.0 Å². The number of halogens is 2. The molecular weight excluding hydrogens is 319 g/mol. The number of hydrogen-bond donors (Lipinski definition) is 1. The van der Waals surface area contributed by atoms with Crippen molar-refractivity contribution in [2.24, 2.45) is 0 Å². The van der Waals surface area contributed by atoms with Crippen LogP contribution in [-0.4, -0.2) is 69.2 Å². The highest BCUT2D eigenvalue weighted by Crippen LogP contribution is 2.18. The van der Waals surface area contributed by atoms with Gasteiger partial charge in [0.1, 0.15) is 6.04 Å². The van der Waals surface area contributed by atoms with Gasteiger partial charge in [-0.1, -0.05) is 23.2 Å². The zero-order valence-electron chi connectivity index (χ0n) is 11.3. The lowest BCUT2D eigenvalue weighted by atomic mass is 10.2. The third-order valence-corrected chi connectivity index (χ3v) is 3.92. The van der Waals surface area contributed by atoms with E-state index in [1.807, 2.05) is 4.90 Å². The van der Waals surface area contributed by atoms with Gasteiger partial charge >= 0.3 is 5.97 Å². The molecule has 0 bridgehead atoms. The summed E-state index contributed by atoms with van der Waals surface area (Å²) in [6.45, 7) is 3.45. The molecule has 0 aromatic carbocycles. The molecule has 0 aliphatic carbocycles. The van der Waals surface area contributed by atoms with Gasteiger partial charge in [-0.2, -0.15) is 0 Å². The fraction of sp³-hybridized carbons (Fsp3) is 0.500. The van der Waals surface area contributed by atoms with Gasteiger partial charge in [0.15, 0.2) is 10.3 Å². The molecule has 1 aliphatic heterocycles. The van der Waals surface area contributed by atoms with Crippen molar-refractivity contribution in [2.45, 2.75) is 13.0 Å². The smallest absolute Gasteiger partial charge is 0.320 e. The van der Waals surface area contributed by atoms with Crippen LogP contribution in [0.2, 0.25) is 10.3 Å². The molecule has 0 radical (unpaired) electrons. The van der Waals surface area contributed by atoms with Crippen LogP contribution in [0.3, 0.4) is 0 Å². The molecule has 21 heavy (non-hydrogen) atoms. The SMILES string of the molecule is CC(C(=O)O)N1CCN(C(=O)c2cc(Cl)nnc2Cl)CC1. The van der Waals surface area contributed by atoms with E-state index in [0.717, 1.165) is 0 Å². The molecule has 1 amide bonds. The molecule has 9 heteroatoms. The normalized spacial score (nSPS) is 17.6. The summed E-state index contributed by atoms with van der Waals surface area (Å²) in [6, 6.07) is 0.814. The molecule has 1 aliphatic rings. The van der Waals surface area contributed by atoms with Crippen molar-refractivity contribution >= 4 is 35.1 Å². The minimum absolute atomic E-state index is 0.00531. The average Bonchev–Trinajstić information content (AvgIpc) is 2.48. The van der Waals surface area contributed by atoms with E-state index in [2.05, 4.69) is 10.2 Å². The summed E-state index contributed by atoms with van der Waals surface area (Å²) in [5, 5.41) is 16.3. The predicted molar refractivity (Wildman–Crippen MR) is 76.6 cm³/mol. The average molecular weight is 333 g/mol. The van der Waals surface area contributed by atoms with E-state index in [0.29, 0.717) is 26.2 Å². The number of aliphatic carboxylic acids is 1. The molecule has 7 nitrogen and oxygen atoms in total. The van der Waals surface area contributed by atoms with E-state index in [9.17, 15) is 9.59 Å². The molecule has 1 N–H and O–H groups in total. The number of carboxylic acids is 1. The van der Waals surface area contributed by atoms with Gasteiger partial charge in [0.05, 0.1) is 5.56 Å². The minimum atomic E-state index is -0.872. The van der Waals surface area contributed by atoms with E-state index in [4.69, 9.17) is 28.3 Å². The Kier molecular flexibility index (Phi) is 4.97. The van der Waals surface area contributed by atoms with E-state index < -0.39 is 12.0 Å². The Hall–Kier alpha value is -1.44. The molecule has 1 aromatic heterocycles. The highest BCUT2D eigenvalue weighted by Gasteiger charge is 2.28. The standard InChI is InChI=1S/C12H14Cl2N4O3/c1-7(12(20)21)17-2-4-18(5-3-17)11(19)8-6-9(13)15-16-10(8)14/h6-7H,2-5H2,1H3,(H,20,21). The van der Waals surface area contributed by atoms with Crippen molar-refractivity contribution in [3.05, 3.63) is 21.9 Å². The van der Waals surface area contributed by atoms with Crippen LogP contribution >= 0.6 is 23.2 Å². The molecule has 1 aromatic rings. The second-order valence-electron chi connectivity index (χ2n) is 4.71. The molecule has 1 atom stereocenters. The van der Waals surface area contributed by atoms with Crippen LogP contribution in [0.15, 0.2) is 6.07 Å². The number of aromatic nitrogens is 2. The van der Waals surface area contributed by atoms with Crippen molar-refractivity contribution in [3.63, 3.8) is 0 Å². The number of amides is 1. The Bertz CT molecular complexity index is 561. The number of carboxylic acid groups (broad SMARTS) is 1. The first-order valence-corrected chi connectivity index (χ1v) is 7.10. The molecule has 114 valence electrons. The van der Waals surface area contributed by atoms with Crippen LogP contribution in [-0.2, 0) is 4.79 Å². The number of hydrogen-bond acceptors (Lipinski definition) is 5. The van der Waals surface area contributed by atoms with Crippen LogP contribution in [0, 0.1) is 0 Å². The highest BCUT2D eigenvalue weighted by atomic mass is 35.5. The summed E-state index contributed by atoms with van der Waals surface area (Å²) in [7, 11) is 0. The van der Waals surface area contributed by atoms with Gasteiger partial charge in [0.25, 0.3) is 5.91 Å². The first kappa shape index (κ1) is 15.9. The lowest BCUT2D eigenvalue weighted by Gasteiger charge is -2.36. The number of piperazine rings is 1. The Morgan fingerprint density at radius 1 is 1.24 bits per heavy atom. The molecule has 1 saturated heterocycles. The first-order valence-electron chi connectivity index (χ1n) is 6.35. The Labute approximate surface area is 131 Å². The third kappa shape index (κ3) is 3.61. The zero-order chi connectivity index (χ0) is 15.6. The van der Waals surface area contributed by atoms with Crippen molar-refractivity contribution in [2.75, 3.05) is 26.2 Å². The second kappa shape index (κ2) is 6.55. The lowest BCUT2D eigenvalue weighted by molar-refractivity contribution is -0.143. The van der Waals surface area contributed by atoms with Crippen LogP contribution < -0.4 is 0 Å². The van der Waals surface area contributed by atoms with Crippen LogP contribution in [0.4, 0.5) is 0 Å². The fourth-order valence-corrected chi connectivity index (χ4v) is 2.46. The molecule has 1 unspecified atom stereocenters. The molecule has 0 saturated carbocycles. The summed E-state index contributed by atoms with van der Waals surface area (Å²) >= 11 is 11.6. The predicted octanol–water partition coefficient (Wildman–Crippen LogP) is 1.01. The molecule has 2 rings (SSSR count). The Morgan fingerprint density at radius 2 is 1.86 bits per heavy atom. The minimum Gasteiger partial charge on any atom is -0.480 e. The maximum Gasteiger partial charge on any atom is 0.320 e. The number of carbonyl (C=O) groups excluding carboxylic acids is 1. The molecule has 0 spiro atoms. The quantitative estimate of drug-likeness (QED) is 0.889. The lowest BCUT2D eigenvalue weighted by Crippen LogP contribution is -2.53.